The number of nitrogens with zero attached hydrogens (tertiary/aromatic N) is 1. The largest absolute Gasteiger partial charge is 0.309 e. The van der Waals surface area contributed by atoms with Crippen molar-refractivity contribution in [2.75, 3.05) is 0 Å². The molecule has 0 radical (unpaired) electrons. The third kappa shape index (κ3) is 2.63. The molecule has 0 saturated carbocycles. The van der Waals surface area contributed by atoms with Gasteiger partial charge in [0.05, 0.1) is 11.0 Å². The van der Waals surface area contributed by atoms with Crippen LogP contribution in [0.5, 0.6) is 0 Å². The topological polar surface area (TPSA) is 4.93 Å². The lowest BCUT2D eigenvalue weighted by Gasteiger charge is -2.16. The highest BCUT2D eigenvalue weighted by molar-refractivity contribution is 7.26. The van der Waals surface area contributed by atoms with Crippen molar-refractivity contribution < 1.29 is 0 Å². The summed E-state index contributed by atoms with van der Waals surface area (Å²) in [5, 5.41) is 10.7. The smallest absolute Gasteiger partial charge is 0.0548 e. The Hall–Kier alpha value is -4.40. The minimum Gasteiger partial charge on any atom is -0.309 e. The summed E-state index contributed by atoms with van der Waals surface area (Å²) in [6.45, 7) is 0. The number of benzene rings is 6. The normalized spacial score (nSPS) is 13.2. The summed E-state index contributed by atoms with van der Waals surface area (Å²) in [5.74, 6) is 0. The molecule has 1 nitrogen and oxygen atoms in total. The molecule has 1 aliphatic rings. The number of thiophene rings is 1. The molecule has 0 saturated heterocycles. The first-order valence-electron chi connectivity index (χ1n) is 12.8. The number of hydrogen-bond acceptors (Lipinski definition) is 1. The van der Waals surface area contributed by atoms with Gasteiger partial charge in [-0.2, -0.15) is 0 Å². The second-order valence-electron chi connectivity index (χ2n) is 10.1. The Bertz CT molecular complexity index is 2280. The van der Waals surface area contributed by atoms with Gasteiger partial charge in [-0.3, -0.25) is 0 Å². The highest BCUT2D eigenvalue weighted by Gasteiger charge is 2.19. The molecule has 0 aliphatic heterocycles. The molecule has 2 heterocycles. The van der Waals surface area contributed by atoms with Gasteiger partial charge in [0.25, 0.3) is 0 Å². The first-order chi connectivity index (χ1) is 18.3. The zero-order valence-corrected chi connectivity index (χ0v) is 20.8. The monoisotopic (exact) mass is 487 g/mol. The molecule has 6 aromatic carbocycles. The minimum atomic E-state index is 1.01. The molecule has 0 atom stereocenters. The van der Waals surface area contributed by atoms with Crippen LogP contribution in [-0.4, -0.2) is 4.57 Å². The lowest BCUT2D eigenvalue weighted by Crippen LogP contribution is -1.98. The highest BCUT2D eigenvalue weighted by atomic mass is 32.1. The van der Waals surface area contributed by atoms with Crippen molar-refractivity contribution in [1.29, 1.82) is 0 Å². The molecule has 0 amide bonds. The van der Waals surface area contributed by atoms with Gasteiger partial charge in [-0.1, -0.05) is 72.8 Å². The molecule has 2 aromatic heterocycles. The molecular formula is C35H21NS. The van der Waals surface area contributed by atoms with E-state index in [1.807, 2.05) is 11.3 Å². The van der Waals surface area contributed by atoms with Crippen molar-refractivity contribution in [1.82, 2.24) is 4.57 Å². The molecule has 0 fully saturated rings. The Morgan fingerprint density at radius 2 is 1.41 bits per heavy atom. The van der Waals surface area contributed by atoms with Crippen LogP contribution in [0.15, 0.2) is 109 Å². The van der Waals surface area contributed by atoms with E-state index in [9.17, 15) is 0 Å². The summed E-state index contributed by atoms with van der Waals surface area (Å²) in [7, 11) is 0. The minimum absolute atomic E-state index is 1.01. The molecule has 0 N–H and O–H groups in total. The third-order valence-corrected chi connectivity index (χ3v) is 9.23. The zero-order chi connectivity index (χ0) is 24.1. The maximum Gasteiger partial charge on any atom is 0.0548 e. The van der Waals surface area contributed by atoms with Crippen LogP contribution in [0.2, 0.25) is 0 Å². The number of para-hydroxylation sites is 1. The van der Waals surface area contributed by atoms with E-state index in [1.165, 1.54) is 80.3 Å². The first kappa shape index (κ1) is 19.7. The fourth-order valence-electron chi connectivity index (χ4n) is 6.56. The summed E-state index contributed by atoms with van der Waals surface area (Å²) in [5.41, 5.74) is 6.48. The predicted molar refractivity (Wildman–Crippen MR) is 161 cm³/mol. The van der Waals surface area contributed by atoms with Gasteiger partial charge in [0, 0.05) is 36.6 Å². The van der Waals surface area contributed by atoms with E-state index in [0.29, 0.717) is 0 Å². The Labute approximate surface area is 217 Å². The summed E-state index contributed by atoms with van der Waals surface area (Å²) in [6, 6.07) is 38.5. The maximum absolute atomic E-state index is 2.47. The average molecular weight is 488 g/mol. The number of rotatable bonds is 1. The number of hydrogen-bond donors (Lipinski definition) is 0. The summed E-state index contributed by atoms with van der Waals surface area (Å²) in [6.07, 6.45) is 5.59. The van der Waals surface area contributed by atoms with Gasteiger partial charge in [-0.05, 0) is 81.6 Å². The van der Waals surface area contributed by atoms with Gasteiger partial charge in [0.1, 0.15) is 0 Å². The van der Waals surface area contributed by atoms with Crippen molar-refractivity contribution in [2.24, 2.45) is 0 Å². The van der Waals surface area contributed by atoms with E-state index in [0.717, 1.165) is 6.42 Å². The van der Waals surface area contributed by atoms with Gasteiger partial charge < -0.3 is 4.57 Å². The third-order valence-electron chi connectivity index (χ3n) is 8.11. The molecular weight excluding hydrogens is 466 g/mol. The lowest BCUT2D eigenvalue weighted by atomic mass is 9.92. The first-order valence-corrected chi connectivity index (χ1v) is 13.6. The maximum atomic E-state index is 2.47. The SMILES string of the molecule is C1=Cc2cc(-n3c4ccccc4c4c5c(ccc43)sc3cc4ccccc4cc35)cc3cccc(c23)C1. The average Bonchev–Trinajstić information content (AvgIpc) is 3.47. The van der Waals surface area contributed by atoms with Gasteiger partial charge in [-0.25, -0.2) is 0 Å². The molecule has 0 spiro atoms. The van der Waals surface area contributed by atoms with Crippen LogP contribution >= 0.6 is 11.3 Å². The van der Waals surface area contributed by atoms with Crippen molar-refractivity contribution in [3.8, 4) is 5.69 Å². The fourth-order valence-corrected chi connectivity index (χ4v) is 7.70. The highest BCUT2D eigenvalue weighted by Crippen LogP contribution is 2.45. The van der Waals surface area contributed by atoms with Crippen LogP contribution in [0.1, 0.15) is 11.1 Å². The van der Waals surface area contributed by atoms with Crippen LogP contribution in [-0.2, 0) is 6.42 Å². The van der Waals surface area contributed by atoms with Crippen molar-refractivity contribution in [3.05, 3.63) is 120 Å². The molecule has 9 rings (SSSR count). The van der Waals surface area contributed by atoms with Crippen LogP contribution in [0.4, 0.5) is 0 Å². The Morgan fingerprint density at radius 3 is 2.35 bits per heavy atom. The summed E-state index contributed by atoms with van der Waals surface area (Å²) < 4.78 is 5.17. The van der Waals surface area contributed by atoms with Gasteiger partial charge >= 0.3 is 0 Å². The molecule has 0 unspecified atom stereocenters. The second kappa shape index (κ2) is 7.09. The number of fused-ring (bicyclic) bond motifs is 8. The molecule has 37 heavy (non-hydrogen) atoms. The molecule has 1 aliphatic carbocycles. The van der Waals surface area contributed by atoms with Crippen LogP contribution in [0.3, 0.4) is 0 Å². The van der Waals surface area contributed by atoms with Crippen molar-refractivity contribution in [2.45, 2.75) is 6.42 Å². The van der Waals surface area contributed by atoms with Crippen LogP contribution < -0.4 is 0 Å². The van der Waals surface area contributed by atoms with Crippen LogP contribution in [0, 0.1) is 0 Å². The summed E-state index contributed by atoms with van der Waals surface area (Å²) in [4.78, 5) is 0. The number of aromatic nitrogens is 1. The molecule has 172 valence electrons. The zero-order valence-electron chi connectivity index (χ0n) is 20.0. The van der Waals surface area contributed by atoms with Crippen molar-refractivity contribution >= 4 is 80.9 Å². The molecule has 0 bridgehead atoms. The van der Waals surface area contributed by atoms with E-state index in [1.54, 1.807) is 0 Å². The fraction of sp³-hybridized carbons (Fsp3) is 0.0286. The van der Waals surface area contributed by atoms with Gasteiger partial charge in [0.2, 0.25) is 0 Å². The van der Waals surface area contributed by atoms with Gasteiger partial charge in [0.15, 0.2) is 0 Å². The van der Waals surface area contributed by atoms with E-state index in [4.69, 9.17) is 0 Å². The van der Waals surface area contributed by atoms with E-state index in [-0.39, 0.29) is 0 Å². The van der Waals surface area contributed by atoms with Crippen LogP contribution in [0.25, 0.3) is 75.3 Å². The van der Waals surface area contributed by atoms with E-state index >= 15 is 0 Å². The van der Waals surface area contributed by atoms with Crippen molar-refractivity contribution in [3.63, 3.8) is 0 Å². The Morgan fingerprint density at radius 1 is 0.568 bits per heavy atom. The Kier molecular flexibility index (Phi) is 3.78. The summed E-state index contributed by atoms with van der Waals surface area (Å²) >= 11 is 1.90. The van der Waals surface area contributed by atoms with Gasteiger partial charge in [-0.15, -0.1) is 11.3 Å². The predicted octanol–water partition coefficient (Wildman–Crippen LogP) is 10.0. The Balaban J connectivity index is 1.45. The lowest BCUT2D eigenvalue weighted by molar-refractivity contribution is 1.18. The van der Waals surface area contributed by atoms with E-state index < -0.39 is 0 Å². The molecule has 8 aromatic rings. The standard InChI is InChI=1S/C35H21NS/c1-2-8-23-20-32-28(19-22(23)7-1)35-31(37-32)16-15-30-34(35)27-13-3-4-14-29(27)36(30)26-17-24-11-5-9-21-10-6-12-25(18-26)33(21)24/h1-9,11-20H,10H2. The molecule has 2 heteroatoms. The second-order valence-corrected chi connectivity index (χ2v) is 11.2. The quantitative estimate of drug-likeness (QED) is 0.217. The van der Waals surface area contributed by atoms with E-state index in [2.05, 4.69) is 120 Å². The number of allylic oxidation sites excluding steroid dienone is 1.